The Balaban J connectivity index is 1.90. The molecule has 0 aliphatic carbocycles. The van der Waals surface area contributed by atoms with Gasteiger partial charge in [0.15, 0.2) is 0 Å². The molecule has 0 aromatic heterocycles. The van der Waals surface area contributed by atoms with Crippen LogP contribution in [0.5, 0.6) is 0 Å². The Kier molecular flexibility index (Phi) is 3.26. The molecule has 1 saturated heterocycles. The minimum Gasteiger partial charge on any atom is -0.378 e. The molecule has 1 aliphatic heterocycles. The predicted octanol–water partition coefficient (Wildman–Crippen LogP) is 1.25. The van der Waals surface area contributed by atoms with Gasteiger partial charge in [0.05, 0.1) is 19.3 Å². The Labute approximate surface area is 94.2 Å². The van der Waals surface area contributed by atoms with Crippen LogP contribution >= 0.6 is 0 Å². The van der Waals surface area contributed by atoms with Gasteiger partial charge in [-0.2, -0.15) is 0 Å². The number of carbonyl (C=O) groups excluding carboxylic acids is 1. The number of amides is 2. The van der Waals surface area contributed by atoms with E-state index in [0.717, 1.165) is 24.6 Å². The summed E-state index contributed by atoms with van der Waals surface area (Å²) in [5, 5.41) is 8.51. The van der Waals surface area contributed by atoms with Gasteiger partial charge in [-0.05, 0) is 24.3 Å². The zero-order chi connectivity index (χ0) is 11.4. The number of ether oxygens (including phenoxy) is 1. The summed E-state index contributed by atoms with van der Waals surface area (Å²) in [5.74, 6) is 0. The fraction of sp³-hybridized carbons (Fsp3) is 0.364. The minimum absolute atomic E-state index is 0.215. The van der Waals surface area contributed by atoms with Crippen LogP contribution in [0.15, 0.2) is 24.3 Å². The molecule has 0 unspecified atom stereocenters. The lowest BCUT2D eigenvalue weighted by Crippen LogP contribution is -2.40. The topological polar surface area (TPSA) is 62.4 Å². The average molecular weight is 221 g/mol. The largest absolute Gasteiger partial charge is 0.378 e. The van der Waals surface area contributed by atoms with Gasteiger partial charge in [-0.25, -0.2) is 4.79 Å². The summed E-state index contributed by atoms with van der Waals surface area (Å²) >= 11 is 0. The van der Waals surface area contributed by atoms with Crippen LogP contribution in [0.1, 0.15) is 0 Å². The third kappa shape index (κ3) is 2.64. The number of rotatable bonds is 3. The first-order valence-electron chi connectivity index (χ1n) is 5.21. The minimum atomic E-state index is -0.215. The van der Waals surface area contributed by atoms with Crippen molar-refractivity contribution in [2.75, 3.05) is 30.9 Å². The molecule has 3 N–H and O–H groups in total. The molecule has 86 valence electrons. The first kappa shape index (κ1) is 10.8. The van der Waals surface area contributed by atoms with Crippen molar-refractivity contribution in [2.24, 2.45) is 0 Å². The summed E-state index contributed by atoms with van der Waals surface area (Å²) in [6.45, 7) is 1.52. The molecule has 1 aromatic rings. The second-order valence-corrected chi connectivity index (χ2v) is 3.66. The van der Waals surface area contributed by atoms with Gasteiger partial charge in [0.2, 0.25) is 0 Å². The van der Waals surface area contributed by atoms with Gasteiger partial charge in [0.1, 0.15) is 0 Å². The molecule has 0 radical (unpaired) electrons. The maximum atomic E-state index is 11.0. The summed E-state index contributed by atoms with van der Waals surface area (Å²) in [5.41, 5.74) is 1.81. The van der Waals surface area contributed by atoms with Gasteiger partial charge in [-0.15, -0.1) is 0 Å². The van der Waals surface area contributed by atoms with Crippen molar-refractivity contribution in [1.82, 2.24) is 5.32 Å². The van der Waals surface area contributed by atoms with Crippen molar-refractivity contribution in [3.05, 3.63) is 24.3 Å². The SMILES string of the molecule is CNC(=O)Nc1ccc(NC2COC2)cc1. The molecule has 1 aliphatic rings. The van der Waals surface area contributed by atoms with Crippen molar-refractivity contribution < 1.29 is 9.53 Å². The third-order valence-electron chi connectivity index (χ3n) is 2.38. The van der Waals surface area contributed by atoms with Crippen molar-refractivity contribution in [3.63, 3.8) is 0 Å². The molecule has 1 heterocycles. The molecule has 0 bridgehead atoms. The molecular weight excluding hydrogens is 206 g/mol. The highest BCUT2D eigenvalue weighted by Crippen LogP contribution is 2.16. The molecule has 0 saturated carbocycles. The second kappa shape index (κ2) is 4.85. The fourth-order valence-corrected chi connectivity index (χ4v) is 1.40. The van der Waals surface area contributed by atoms with E-state index in [9.17, 15) is 4.79 Å². The zero-order valence-corrected chi connectivity index (χ0v) is 9.12. The predicted molar refractivity (Wildman–Crippen MR) is 62.8 cm³/mol. The van der Waals surface area contributed by atoms with Crippen molar-refractivity contribution >= 4 is 17.4 Å². The van der Waals surface area contributed by atoms with Crippen LogP contribution in [-0.2, 0) is 4.74 Å². The molecule has 2 amide bonds. The van der Waals surface area contributed by atoms with E-state index in [1.807, 2.05) is 24.3 Å². The van der Waals surface area contributed by atoms with Crippen LogP contribution in [0.4, 0.5) is 16.2 Å². The fourth-order valence-electron chi connectivity index (χ4n) is 1.40. The molecule has 0 spiro atoms. The molecule has 2 rings (SSSR count). The Morgan fingerprint density at radius 3 is 2.38 bits per heavy atom. The number of hydrogen-bond donors (Lipinski definition) is 3. The summed E-state index contributed by atoms with van der Waals surface area (Å²) in [7, 11) is 1.59. The summed E-state index contributed by atoms with van der Waals surface area (Å²) < 4.78 is 5.07. The number of benzene rings is 1. The summed E-state index contributed by atoms with van der Waals surface area (Å²) in [4.78, 5) is 11.0. The number of anilines is 2. The van der Waals surface area contributed by atoms with Gasteiger partial charge in [0.25, 0.3) is 0 Å². The summed E-state index contributed by atoms with van der Waals surface area (Å²) in [6.07, 6.45) is 0. The standard InChI is InChI=1S/C11H15N3O2/c1-12-11(15)14-9-4-2-8(3-5-9)13-10-6-16-7-10/h2-5,10,13H,6-7H2,1H3,(H2,12,14,15). The van der Waals surface area contributed by atoms with Gasteiger partial charge < -0.3 is 20.7 Å². The van der Waals surface area contributed by atoms with E-state index in [-0.39, 0.29) is 6.03 Å². The Morgan fingerprint density at radius 1 is 1.25 bits per heavy atom. The van der Waals surface area contributed by atoms with Crippen molar-refractivity contribution in [3.8, 4) is 0 Å². The lowest BCUT2D eigenvalue weighted by molar-refractivity contribution is 0.0211. The normalized spacial score (nSPS) is 15.1. The first-order valence-corrected chi connectivity index (χ1v) is 5.21. The van der Waals surface area contributed by atoms with Crippen molar-refractivity contribution in [2.45, 2.75) is 6.04 Å². The van der Waals surface area contributed by atoms with Crippen LogP contribution in [0.3, 0.4) is 0 Å². The number of carbonyl (C=O) groups is 1. The maximum Gasteiger partial charge on any atom is 0.318 e. The van der Waals surface area contributed by atoms with Gasteiger partial charge in [-0.1, -0.05) is 0 Å². The van der Waals surface area contributed by atoms with Crippen LogP contribution in [-0.4, -0.2) is 32.3 Å². The lowest BCUT2D eigenvalue weighted by Gasteiger charge is -2.27. The van der Waals surface area contributed by atoms with Crippen LogP contribution in [0.2, 0.25) is 0 Å². The van der Waals surface area contributed by atoms with E-state index >= 15 is 0 Å². The smallest absolute Gasteiger partial charge is 0.318 e. The number of hydrogen-bond acceptors (Lipinski definition) is 3. The number of nitrogens with one attached hydrogen (secondary N) is 3. The van der Waals surface area contributed by atoms with Crippen LogP contribution < -0.4 is 16.0 Å². The van der Waals surface area contributed by atoms with E-state index in [4.69, 9.17) is 4.74 Å². The molecule has 5 heteroatoms. The quantitative estimate of drug-likeness (QED) is 0.719. The van der Waals surface area contributed by atoms with E-state index in [2.05, 4.69) is 16.0 Å². The van der Waals surface area contributed by atoms with Gasteiger partial charge in [-0.3, -0.25) is 0 Å². The molecule has 1 fully saturated rings. The van der Waals surface area contributed by atoms with Crippen LogP contribution in [0, 0.1) is 0 Å². The first-order chi connectivity index (χ1) is 7.78. The maximum absolute atomic E-state index is 11.0. The van der Waals surface area contributed by atoms with Crippen molar-refractivity contribution in [1.29, 1.82) is 0 Å². The molecule has 16 heavy (non-hydrogen) atoms. The molecule has 0 atom stereocenters. The molecule has 5 nitrogen and oxygen atoms in total. The Hall–Kier alpha value is -1.75. The third-order valence-corrected chi connectivity index (χ3v) is 2.38. The van der Waals surface area contributed by atoms with Gasteiger partial charge >= 0.3 is 6.03 Å². The highest BCUT2D eigenvalue weighted by atomic mass is 16.5. The van der Waals surface area contributed by atoms with Gasteiger partial charge in [0, 0.05) is 18.4 Å². The highest BCUT2D eigenvalue weighted by Gasteiger charge is 2.17. The summed E-state index contributed by atoms with van der Waals surface area (Å²) in [6, 6.07) is 7.78. The monoisotopic (exact) mass is 221 g/mol. The van der Waals surface area contributed by atoms with E-state index in [0.29, 0.717) is 6.04 Å². The van der Waals surface area contributed by atoms with E-state index in [1.165, 1.54) is 0 Å². The van der Waals surface area contributed by atoms with E-state index in [1.54, 1.807) is 7.05 Å². The zero-order valence-electron chi connectivity index (χ0n) is 9.12. The number of urea groups is 1. The Bertz CT molecular complexity index is 360. The van der Waals surface area contributed by atoms with Crippen LogP contribution in [0.25, 0.3) is 0 Å². The lowest BCUT2D eigenvalue weighted by atomic mass is 10.2. The van der Waals surface area contributed by atoms with E-state index < -0.39 is 0 Å². The average Bonchev–Trinajstić information content (AvgIpc) is 2.25. The molecular formula is C11H15N3O2. The second-order valence-electron chi connectivity index (χ2n) is 3.66. The highest BCUT2D eigenvalue weighted by molar-refractivity contribution is 5.89. The molecule has 1 aromatic carbocycles. The Morgan fingerprint density at radius 2 is 1.88 bits per heavy atom.